The highest BCUT2D eigenvalue weighted by Crippen LogP contribution is 2.26. The van der Waals surface area contributed by atoms with Crippen LogP contribution in [0.15, 0.2) is 48.5 Å². The number of aromatic hydroxyl groups is 1. The molecule has 0 saturated carbocycles. The Morgan fingerprint density at radius 1 is 0.929 bits per heavy atom. The molecular formula is C13H12O. The fourth-order valence-electron chi connectivity index (χ4n) is 1.54. The van der Waals surface area contributed by atoms with Crippen molar-refractivity contribution in [3.63, 3.8) is 0 Å². The Bertz CT molecular complexity index is 432. The van der Waals surface area contributed by atoms with E-state index in [4.69, 9.17) is 0 Å². The van der Waals surface area contributed by atoms with Gasteiger partial charge in [-0.3, -0.25) is 0 Å². The third-order valence-electron chi connectivity index (χ3n) is 2.31. The van der Waals surface area contributed by atoms with Gasteiger partial charge in [-0.15, -0.1) is 0 Å². The van der Waals surface area contributed by atoms with Crippen LogP contribution in [0.3, 0.4) is 0 Å². The van der Waals surface area contributed by atoms with E-state index in [9.17, 15) is 5.11 Å². The first-order valence-electron chi connectivity index (χ1n) is 4.62. The molecule has 14 heavy (non-hydrogen) atoms. The third-order valence-corrected chi connectivity index (χ3v) is 2.31. The van der Waals surface area contributed by atoms with Crippen molar-refractivity contribution < 1.29 is 5.11 Å². The quantitative estimate of drug-likeness (QED) is 0.720. The second-order valence-corrected chi connectivity index (χ2v) is 3.37. The number of aryl methyl sites for hydroxylation is 1. The summed E-state index contributed by atoms with van der Waals surface area (Å²) in [5.74, 6) is 0.314. The lowest BCUT2D eigenvalue weighted by Crippen LogP contribution is -1.81. The summed E-state index contributed by atoms with van der Waals surface area (Å²) in [7, 11) is 0. The minimum absolute atomic E-state index is 0.314. The SMILES string of the molecule is Cc1ccc(O)cc1-c1ccccc1. The van der Waals surface area contributed by atoms with Gasteiger partial charge in [0.1, 0.15) is 5.75 Å². The van der Waals surface area contributed by atoms with Crippen molar-refractivity contribution in [1.82, 2.24) is 0 Å². The second kappa shape index (κ2) is 3.54. The van der Waals surface area contributed by atoms with E-state index in [1.807, 2.05) is 43.3 Å². The van der Waals surface area contributed by atoms with Gasteiger partial charge in [-0.1, -0.05) is 36.4 Å². The van der Waals surface area contributed by atoms with E-state index in [2.05, 4.69) is 0 Å². The van der Waals surface area contributed by atoms with Crippen LogP contribution in [-0.2, 0) is 0 Å². The number of hydrogen-bond donors (Lipinski definition) is 1. The fraction of sp³-hybridized carbons (Fsp3) is 0.0769. The molecule has 70 valence electrons. The maximum atomic E-state index is 9.40. The van der Waals surface area contributed by atoms with Crippen LogP contribution in [-0.4, -0.2) is 5.11 Å². The molecule has 0 bridgehead atoms. The van der Waals surface area contributed by atoms with Gasteiger partial charge in [-0.2, -0.15) is 0 Å². The van der Waals surface area contributed by atoms with Gasteiger partial charge in [0.25, 0.3) is 0 Å². The molecule has 0 aromatic heterocycles. The standard InChI is InChI=1S/C13H12O/c1-10-7-8-12(14)9-13(10)11-5-3-2-4-6-11/h2-9,14H,1H3. The van der Waals surface area contributed by atoms with Crippen LogP contribution in [0.1, 0.15) is 5.56 Å². The summed E-state index contributed by atoms with van der Waals surface area (Å²) >= 11 is 0. The normalized spacial score (nSPS) is 10.1. The summed E-state index contributed by atoms with van der Waals surface area (Å²) in [6.45, 7) is 2.04. The lowest BCUT2D eigenvalue weighted by molar-refractivity contribution is 0.475. The number of phenolic OH excluding ortho intramolecular Hbond substituents is 1. The van der Waals surface area contributed by atoms with Gasteiger partial charge in [0, 0.05) is 0 Å². The van der Waals surface area contributed by atoms with Crippen LogP contribution in [0.2, 0.25) is 0 Å². The number of benzene rings is 2. The summed E-state index contributed by atoms with van der Waals surface area (Å²) in [5, 5.41) is 9.40. The van der Waals surface area contributed by atoms with Crippen LogP contribution < -0.4 is 0 Å². The first kappa shape index (κ1) is 8.82. The lowest BCUT2D eigenvalue weighted by Gasteiger charge is -2.05. The Balaban J connectivity index is 2.57. The van der Waals surface area contributed by atoms with E-state index in [0.29, 0.717) is 5.75 Å². The largest absolute Gasteiger partial charge is 0.508 e. The maximum Gasteiger partial charge on any atom is 0.116 e. The fourth-order valence-corrected chi connectivity index (χ4v) is 1.54. The summed E-state index contributed by atoms with van der Waals surface area (Å²) in [4.78, 5) is 0. The molecule has 0 heterocycles. The molecule has 1 heteroatoms. The van der Waals surface area contributed by atoms with Crippen molar-refractivity contribution in [3.05, 3.63) is 54.1 Å². The van der Waals surface area contributed by atoms with Gasteiger partial charge in [-0.25, -0.2) is 0 Å². The Morgan fingerprint density at radius 2 is 1.64 bits per heavy atom. The van der Waals surface area contributed by atoms with Gasteiger partial charge >= 0.3 is 0 Å². The highest BCUT2D eigenvalue weighted by atomic mass is 16.3. The van der Waals surface area contributed by atoms with Crippen LogP contribution >= 0.6 is 0 Å². The highest BCUT2D eigenvalue weighted by Gasteiger charge is 2.01. The second-order valence-electron chi connectivity index (χ2n) is 3.37. The molecule has 0 saturated heterocycles. The van der Waals surface area contributed by atoms with Gasteiger partial charge < -0.3 is 5.11 Å². The summed E-state index contributed by atoms with van der Waals surface area (Å²) < 4.78 is 0. The Kier molecular flexibility index (Phi) is 2.23. The van der Waals surface area contributed by atoms with E-state index < -0.39 is 0 Å². The first-order chi connectivity index (χ1) is 6.77. The molecule has 0 unspecified atom stereocenters. The molecule has 0 spiro atoms. The zero-order valence-corrected chi connectivity index (χ0v) is 8.07. The molecular weight excluding hydrogens is 172 g/mol. The minimum Gasteiger partial charge on any atom is -0.508 e. The molecule has 0 aliphatic heterocycles. The maximum absolute atomic E-state index is 9.40. The zero-order valence-electron chi connectivity index (χ0n) is 8.07. The van der Waals surface area contributed by atoms with Crippen molar-refractivity contribution in [2.45, 2.75) is 6.92 Å². The third kappa shape index (κ3) is 1.62. The molecule has 2 rings (SSSR count). The van der Waals surface area contributed by atoms with E-state index in [-0.39, 0.29) is 0 Å². The van der Waals surface area contributed by atoms with Crippen LogP contribution in [0, 0.1) is 6.92 Å². The average molecular weight is 184 g/mol. The predicted octanol–water partition coefficient (Wildman–Crippen LogP) is 3.37. The molecule has 0 aliphatic rings. The molecule has 0 fully saturated rings. The van der Waals surface area contributed by atoms with Crippen molar-refractivity contribution in [3.8, 4) is 16.9 Å². The van der Waals surface area contributed by atoms with E-state index in [1.54, 1.807) is 12.1 Å². The topological polar surface area (TPSA) is 20.2 Å². The van der Waals surface area contributed by atoms with Gasteiger partial charge in [-0.05, 0) is 35.7 Å². The van der Waals surface area contributed by atoms with Crippen LogP contribution in [0.5, 0.6) is 5.75 Å². The molecule has 2 aromatic carbocycles. The molecule has 0 radical (unpaired) electrons. The molecule has 0 atom stereocenters. The van der Waals surface area contributed by atoms with Crippen molar-refractivity contribution in [2.24, 2.45) is 0 Å². The Hall–Kier alpha value is -1.76. The van der Waals surface area contributed by atoms with E-state index in [0.717, 1.165) is 11.1 Å². The van der Waals surface area contributed by atoms with Crippen LogP contribution in [0.4, 0.5) is 0 Å². The van der Waals surface area contributed by atoms with Crippen LogP contribution in [0.25, 0.3) is 11.1 Å². The smallest absolute Gasteiger partial charge is 0.116 e. The van der Waals surface area contributed by atoms with Crippen molar-refractivity contribution in [1.29, 1.82) is 0 Å². The first-order valence-corrected chi connectivity index (χ1v) is 4.62. The number of hydrogen-bond acceptors (Lipinski definition) is 1. The minimum atomic E-state index is 0.314. The summed E-state index contributed by atoms with van der Waals surface area (Å²) in [6.07, 6.45) is 0. The van der Waals surface area contributed by atoms with Crippen molar-refractivity contribution >= 4 is 0 Å². The zero-order chi connectivity index (χ0) is 9.97. The number of rotatable bonds is 1. The molecule has 2 aromatic rings. The lowest BCUT2D eigenvalue weighted by atomic mass is 10.0. The van der Waals surface area contributed by atoms with E-state index in [1.165, 1.54) is 5.56 Å². The summed E-state index contributed by atoms with van der Waals surface area (Å²) in [5.41, 5.74) is 3.40. The van der Waals surface area contributed by atoms with Gasteiger partial charge in [0.05, 0.1) is 0 Å². The van der Waals surface area contributed by atoms with Gasteiger partial charge in [0.2, 0.25) is 0 Å². The monoisotopic (exact) mass is 184 g/mol. The average Bonchev–Trinajstić information content (AvgIpc) is 2.23. The van der Waals surface area contributed by atoms with Gasteiger partial charge in [0.15, 0.2) is 0 Å². The molecule has 0 amide bonds. The predicted molar refractivity (Wildman–Crippen MR) is 58.3 cm³/mol. The molecule has 0 aliphatic carbocycles. The molecule has 1 N–H and O–H groups in total. The number of phenols is 1. The Labute approximate surface area is 83.6 Å². The summed E-state index contributed by atoms with van der Waals surface area (Å²) in [6, 6.07) is 15.5. The highest BCUT2D eigenvalue weighted by molar-refractivity contribution is 5.68. The van der Waals surface area contributed by atoms with Crippen molar-refractivity contribution in [2.75, 3.05) is 0 Å². The Morgan fingerprint density at radius 3 is 2.36 bits per heavy atom. The van der Waals surface area contributed by atoms with E-state index >= 15 is 0 Å². The molecule has 1 nitrogen and oxygen atoms in total.